The summed E-state index contributed by atoms with van der Waals surface area (Å²) in [5.74, 6) is 1.45. The molecule has 0 aromatic heterocycles. The number of nitrogens with zero attached hydrogens (tertiary/aromatic N) is 1. The lowest BCUT2D eigenvalue weighted by Crippen LogP contribution is -2.44. The van der Waals surface area contributed by atoms with Crippen molar-refractivity contribution in [2.24, 2.45) is 17.8 Å². The number of carbonyl (C=O) groups excluding carboxylic acids is 1. The van der Waals surface area contributed by atoms with Crippen molar-refractivity contribution in [2.75, 3.05) is 32.8 Å². The summed E-state index contributed by atoms with van der Waals surface area (Å²) in [5, 5.41) is 12.3. The molecular weight excluding hydrogens is 216 g/mol. The summed E-state index contributed by atoms with van der Waals surface area (Å²) in [6.07, 6.45) is 3.08. The summed E-state index contributed by atoms with van der Waals surface area (Å²) in [6, 6.07) is 0. The maximum absolute atomic E-state index is 12.4. The van der Waals surface area contributed by atoms with Crippen molar-refractivity contribution in [3.05, 3.63) is 0 Å². The van der Waals surface area contributed by atoms with Crippen molar-refractivity contribution in [3.8, 4) is 0 Å². The Labute approximate surface area is 103 Å². The van der Waals surface area contributed by atoms with E-state index >= 15 is 0 Å². The lowest BCUT2D eigenvalue weighted by molar-refractivity contribution is -0.138. The Kier molecular flexibility index (Phi) is 4.40. The van der Waals surface area contributed by atoms with E-state index in [-0.39, 0.29) is 12.5 Å². The minimum atomic E-state index is 0.169. The molecule has 0 spiro atoms. The van der Waals surface area contributed by atoms with Crippen molar-refractivity contribution >= 4 is 5.91 Å². The fourth-order valence-electron chi connectivity index (χ4n) is 3.06. The van der Waals surface area contributed by atoms with Gasteiger partial charge in [0.2, 0.25) is 5.91 Å². The highest BCUT2D eigenvalue weighted by Crippen LogP contribution is 2.24. The molecule has 2 saturated heterocycles. The summed E-state index contributed by atoms with van der Waals surface area (Å²) >= 11 is 0. The van der Waals surface area contributed by atoms with Gasteiger partial charge in [0.15, 0.2) is 0 Å². The molecule has 2 aliphatic heterocycles. The van der Waals surface area contributed by atoms with Crippen molar-refractivity contribution < 1.29 is 9.90 Å². The Morgan fingerprint density at radius 2 is 2.29 bits per heavy atom. The second kappa shape index (κ2) is 5.83. The maximum Gasteiger partial charge on any atom is 0.227 e. The van der Waals surface area contributed by atoms with E-state index in [1.807, 2.05) is 4.90 Å². The second-order valence-corrected chi connectivity index (χ2v) is 5.55. The zero-order valence-electron chi connectivity index (χ0n) is 10.7. The summed E-state index contributed by atoms with van der Waals surface area (Å²) < 4.78 is 0. The fourth-order valence-corrected chi connectivity index (χ4v) is 3.06. The Balaban J connectivity index is 1.90. The number of amides is 1. The molecule has 0 bridgehead atoms. The Hall–Kier alpha value is -0.610. The van der Waals surface area contributed by atoms with E-state index in [9.17, 15) is 4.79 Å². The standard InChI is InChI=1S/C13H24N2O2/c1-10-7-14-8-12(10)13(17)15-5-2-3-11(9-15)4-6-16/h10-12,14,16H,2-9H2,1H3. The fraction of sp³-hybridized carbons (Fsp3) is 0.923. The first-order chi connectivity index (χ1) is 8.22. The van der Waals surface area contributed by atoms with Crippen LogP contribution in [0.2, 0.25) is 0 Å². The van der Waals surface area contributed by atoms with Crippen LogP contribution in [0.5, 0.6) is 0 Å². The molecule has 3 atom stereocenters. The van der Waals surface area contributed by atoms with Gasteiger partial charge in [-0.25, -0.2) is 0 Å². The van der Waals surface area contributed by atoms with Gasteiger partial charge in [0.05, 0.1) is 5.92 Å². The van der Waals surface area contributed by atoms with Crippen LogP contribution in [-0.4, -0.2) is 48.7 Å². The van der Waals surface area contributed by atoms with Crippen LogP contribution < -0.4 is 5.32 Å². The van der Waals surface area contributed by atoms with Crippen LogP contribution in [0.1, 0.15) is 26.2 Å². The van der Waals surface area contributed by atoms with Crippen LogP contribution in [0.25, 0.3) is 0 Å². The van der Waals surface area contributed by atoms with E-state index in [1.165, 1.54) is 0 Å². The topological polar surface area (TPSA) is 52.6 Å². The van der Waals surface area contributed by atoms with Crippen LogP contribution in [0, 0.1) is 17.8 Å². The zero-order valence-corrected chi connectivity index (χ0v) is 10.7. The summed E-state index contributed by atoms with van der Waals surface area (Å²) in [6.45, 7) is 5.95. The first-order valence-electron chi connectivity index (χ1n) is 6.82. The Bertz CT molecular complexity index is 268. The average molecular weight is 240 g/mol. The molecule has 3 unspecified atom stereocenters. The van der Waals surface area contributed by atoms with Crippen LogP contribution in [0.3, 0.4) is 0 Å². The molecular formula is C13H24N2O2. The smallest absolute Gasteiger partial charge is 0.227 e. The highest BCUT2D eigenvalue weighted by atomic mass is 16.3. The first-order valence-corrected chi connectivity index (χ1v) is 6.82. The highest BCUT2D eigenvalue weighted by molar-refractivity contribution is 5.79. The molecule has 2 N–H and O–H groups in total. The minimum Gasteiger partial charge on any atom is -0.396 e. The third-order valence-electron chi connectivity index (χ3n) is 4.20. The number of carbonyl (C=O) groups is 1. The van der Waals surface area contributed by atoms with E-state index < -0.39 is 0 Å². The summed E-state index contributed by atoms with van der Waals surface area (Å²) in [4.78, 5) is 14.4. The van der Waals surface area contributed by atoms with E-state index in [4.69, 9.17) is 5.11 Å². The average Bonchev–Trinajstić information content (AvgIpc) is 2.75. The molecule has 98 valence electrons. The summed E-state index contributed by atoms with van der Waals surface area (Å²) in [7, 11) is 0. The largest absolute Gasteiger partial charge is 0.396 e. The minimum absolute atomic E-state index is 0.169. The third kappa shape index (κ3) is 2.99. The lowest BCUT2D eigenvalue weighted by Gasteiger charge is -2.34. The molecule has 2 rings (SSSR count). The SMILES string of the molecule is CC1CNCC1C(=O)N1CCCC(CCO)C1. The number of aliphatic hydroxyl groups is 1. The van der Waals surface area contributed by atoms with Gasteiger partial charge in [-0.15, -0.1) is 0 Å². The van der Waals surface area contributed by atoms with Crippen LogP contribution >= 0.6 is 0 Å². The van der Waals surface area contributed by atoms with Gasteiger partial charge in [-0.3, -0.25) is 4.79 Å². The molecule has 4 nitrogen and oxygen atoms in total. The van der Waals surface area contributed by atoms with Gasteiger partial charge >= 0.3 is 0 Å². The van der Waals surface area contributed by atoms with E-state index in [0.29, 0.717) is 17.7 Å². The van der Waals surface area contributed by atoms with Crippen molar-refractivity contribution in [2.45, 2.75) is 26.2 Å². The molecule has 0 saturated carbocycles. The predicted octanol–water partition coefficient (Wildman–Crippen LogP) is 0.463. The first kappa shape index (κ1) is 12.8. The number of hydrogen-bond acceptors (Lipinski definition) is 3. The highest BCUT2D eigenvalue weighted by Gasteiger charge is 2.34. The van der Waals surface area contributed by atoms with Crippen LogP contribution in [0.4, 0.5) is 0 Å². The van der Waals surface area contributed by atoms with Gasteiger partial charge in [-0.05, 0) is 37.6 Å². The number of piperidine rings is 1. The molecule has 0 aromatic rings. The Morgan fingerprint density at radius 1 is 1.47 bits per heavy atom. The molecule has 1 amide bonds. The van der Waals surface area contributed by atoms with Crippen molar-refractivity contribution in [1.82, 2.24) is 10.2 Å². The normalized spacial score (nSPS) is 34.0. The number of rotatable bonds is 3. The molecule has 2 aliphatic rings. The molecule has 17 heavy (non-hydrogen) atoms. The molecule has 4 heteroatoms. The second-order valence-electron chi connectivity index (χ2n) is 5.55. The van der Waals surface area contributed by atoms with Gasteiger partial charge in [0.1, 0.15) is 0 Å². The molecule has 0 radical (unpaired) electrons. The van der Waals surface area contributed by atoms with Crippen molar-refractivity contribution in [1.29, 1.82) is 0 Å². The van der Waals surface area contributed by atoms with Crippen LogP contribution in [-0.2, 0) is 4.79 Å². The van der Waals surface area contributed by atoms with E-state index in [1.54, 1.807) is 0 Å². The molecule has 0 aliphatic carbocycles. The summed E-state index contributed by atoms with van der Waals surface area (Å²) in [5.41, 5.74) is 0. The number of hydrogen-bond donors (Lipinski definition) is 2. The zero-order chi connectivity index (χ0) is 12.3. The van der Waals surface area contributed by atoms with E-state index in [2.05, 4.69) is 12.2 Å². The number of nitrogens with one attached hydrogen (secondary N) is 1. The van der Waals surface area contributed by atoms with Crippen molar-refractivity contribution in [3.63, 3.8) is 0 Å². The van der Waals surface area contributed by atoms with Gasteiger partial charge in [0.25, 0.3) is 0 Å². The molecule has 0 aromatic carbocycles. The third-order valence-corrected chi connectivity index (χ3v) is 4.20. The number of aliphatic hydroxyl groups excluding tert-OH is 1. The monoisotopic (exact) mass is 240 g/mol. The quantitative estimate of drug-likeness (QED) is 0.753. The van der Waals surface area contributed by atoms with Gasteiger partial charge in [0, 0.05) is 26.2 Å². The van der Waals surface area contributed by atoms with Gasteiger partial charge < -0.3 is 15.3 Å². The predicted molar refractivity (Wildman–Crippen MR) is 66.5 cm³/mol. The molecule has 2 heterocycles. The number of likely N-dealkylation sites (tertiary alicyclic amines) is 1. The Morgan fingerprint density at radius 3 is 2.94 bits per heavy atom. The van der Waals surface area contributed by atoms with E-state index in [0.717, 1.165) is 45.4 Å². The van der Waals surface area contributed by atoms with Gasteiger partial charge in [-0.2, -0.15) is 0 Å². The maximum atomic E-state index is 12.4. The van der Waals surface area contributed by atoms with Crippen LogP contribution in [0.15, 0.2) is 0 Å². The lowest BCUT2D eigenvalue weighted by atomic mass is 9.91. The molecule has 2 fully saturated rings. The van der Waals surface area contributed by atoms with Gasteiger partial charge in [-0.1, -0.05) is 6.92 Å².